The summed E-state index contributed by atoms with van der Waals surface area (Å²) in [7, 11) is -5.44. The van der Waals surface area contributed by atoms with Crippen LogP contribution in [0.1, 0.15) is 92.1 Å². The topological polar surface area (TPSA) is 52.6 Å². The van der Waals surface area contributed by atoms with Gasteiger partial charge in [-0.15, -0.1) is 6.58 Å². The molecule has 6 atom stereocenters. The lowest BCUT2D eigenvalue weighted by Gasteiger charge is -2.49. The first-order chi connectivity index (χ1) is 17.9. The summed E-state index contributed by atoms with van der Waals surface area (Å²) in [5.41, 5.74) is 2.42. The van der Waals surface area contributed by atoms with Crippen molar-refractivity contribution < 1.29 is 17.0 Å². The van der Waals surface area contributed by atoms with Crippen molar-refractivity contribution in [2.45, 2.75) is 123 Å². The van der Waals surface area contributed by atoms with Gasteiger partial charge in [-0.3, -0.25) is 4.18 Å². The minimum atomic E-state index is -3.78. The highest BCUT2D eigenvalue weighted by Crippen LogP contribution is 2.60. The van der Waals surface area contributed by atoms with Crippen LogP contribution in [0, 0.1) is 36.0 Å². The van der Waals surface area contributed by atoms with Crippen LogP contribution in [-0.2, 0) is 18.7 Å². The van der Waals surface area contributed by atoms with Crippen molar-refractivity contribution in [2.75, 3.05) is 6.61 Å². The number of benzene rings is 1. The van der Waals surface area contributed by atoms with Crippen LogP contribution in [0.15, 0.2) is 41.3 Å². The average molecular weight is 563 g/mol. The summed E-state index contributed by atoms with van der Waals surface area (Å²) < 4.78 is 39.0. The summed E-state index contributed by atoms with van der Waals surface area (Å²) in [6, 6.07) is 10.6. The maximum absolute atomic E-state index is 13.0. The van der Waals surface area contributed by atoms with Crippen LogP contribution in [0.25, 0.3) is 0 Å². The van der Waals surface area contributed by atoms with E-state index < -0.39 is 18.4 Å². The van der Waals surface area contributed by atoms with E-state index in [0.717, 1.165) is 24.0 Å². The SMILES string of the molecule is C=C(C)CCC(COS(=O)(=O)c1ccc(C)cc1)[C@H](C)C1CCC2[C@@H](O[Si](CC)(CC)CC)CCC[C@]12C. The first kappa shape index (κ1) is 31.6. The monoisotopic (exact) mass is 562 g/mol. The van der Waals surface area contributed by atoms with Gasteiger partial charge in [0.1, 0.15) is 0 Å². The Kier molecular flexibility index (Phi) is 10.9. The zero-order valence-corrected chi connectivity index (χ0v) is 27.0. The highest BCUT2D eigenvalue weighted by atomic mass is 32.2. The molecular weight excluding hydrogens is 509 g/mol. The van der Waals surface area contributed by atoms with Gasteiger partial charge < -0.3 is 4.43 Å². The molecule has 0 aliphatic heterocycles. The standard InChI is InChI=1S/C32H54O4SSi/c1-9-38(10-2,11-3)36-31-13-12-22-32(8)29(20-21-30(31)32)26(7)27(17-14-24(4)5)23-35-37(33,34)28-18-15-25(6)16-19-28/h15-16,18-19,26-27,29-31H,4,9-14,17,20-23H2,1-3,5-8H3/t26-,27?,29?,30?,31-,32+/m0/s1. The number of hydrogen-bond donors (Lipinski definition) is 0. The van der Waals surface area contributed by atoms with Crippen molar-refractivity contribution >= 4 is 18.4 Å². The van der Waals surface area contributed by atoms with Gasteiger partial charge in [0.2, 0.25) is 0 Å². The van der Waals surface area contributed by atoms with E-state index in [4.69, 9.17) is 8.61 Å². The fourth-order valence-corrected chi connectivity index (χ4v) is 11.6. The van der Waals surface area contributed by atoms with Gasteiger partial charge in [0, 0.05) is 6.10 Å². The lowest BCUT2D eigenvalue weighted by atomic mass is 9.60. The number of rotatable bonds is 14. The van der Waals surface area contributed by atoms with Crippen molar-refractivity contribution in [1.82, 2.24) is 0 Å². The van der Waals surface area contributed by atoms with Gasteiger partial charge in [-0.25, -0.2) is 0 Å². The molecule has 3 rings (SSSR count). The minimum Gasteiger partial charge on any atom is -0.414 e. The van der Waals surface area contributed by atoms with Crippen LogP contribution in [-0.4, -0.2) is 29.4 Å². The van der Waals surface area contributed by atoms with Gasteiger partial charge in [0.15, 0.2) is 8.32 Å². The van der Waals surface area contributed by atoms with E-state index in [0.29, 0.717) is 23.9 Å². The predicted molar refractivity (Wildman–Crippen MR) is 161 cm³/mol. The summed E-state index contributed by atoms with van der Waals surface area (Å²) in [4.78, 5) is 0.241. The third kappa shape index (κ3) is 7.02. The molecule has 0 amide bonds. The van der Waals surface area contributed by atoms with Crippen molar-refractivity contribution in [2.24, 2.45) is 29.1 Å². The van der Waals surface area contributed by atoms with Gasteiger partial charge in [-0.2, -0.15) is 8.42 Å². The first-order valence-electron chi connectivity index (χ1n) is 15.2. The Labute approximate surface area is 235 Å². The molecular formula is C32H54O4SSi. The normalized spacial score (nSPS) is 27.6. The van der Waals surface area contributed by atoms with E-state index >= 15 is 0 Å². The maximum Gasteiger partial charge on any atom is 0.296 e. The van der Waals surface area contributed by atoms with Crippen LogP contribution in [0.3, 0.4) is 0 Å². The molecule has 0 aromatic heterocycles. The Balaban J connectivity index is 1.78. The second-order valence-corrected chi connectivity index (χ2v) is 19.1. The second-order valence-electron chi connectivity index (χ2n) is 12.8. The largest absolute Gasteiger partial charge is 0.414 e. The maximum atomic E-state index is 13.0. The first-order valence-corrected chi connectivity index (χ1v) is 19.1. The van der Waals surface area contributed by atoms with Crippen LogP contribution in [0.4, 0.5) is 0 Å². The molecule has 1 aromatic rings. The van der Waals surface area contributed by atoms with E-state index in [-0.39, 0.29) is 22.8 Å². The van der Waals surface area contributed by atoms with Crippen LogP contribution in [0.5, 0.6) is 0 Å². The molecule has 1 aromatic carbocycles. The molecule has 2 aliphatic rings. The Morgan fingerprint density at radius 1 is 1.11 bits per heavy atom. The van der Waals surface area contributed by atoms with Gasteiger partial charge in [0.05, 0.1) is 11.5 Å². The molecule has 0 saturated heterocycles. The summed E-state index contributed by atoms with van der Waals surface area (Å²) in [5, 5.41) is 0. The number of fused-ring (bicyclic) bond motifs is 1. The smallest absolute Gasteiger partial charge is 0.296 e. The van der Waals surface area contributed by atoms with E-state index in [1.807, 2.05) is 19.1 Å². The van der Waals surface area contributed by atoms with Gasteiger partial charge >= 0.3 is 0 Å². The number of aryl methyl sites for hydroxylation is 1. The molecule has 216 valence electrons. The molecule has 38 heavy (non-hydrogen) atoms. The van der Waals surface area contributed by atoms with Crippen LogP contribution >= 0.6 is 0 Å². The fraction of sp³-hybridized carbons (Fsp3) is 0.750. The summed E-state index contributed by atoms with van der Waals surface area (Å²) >= 11 is 0. The molecule has 0 bridgehead atoms. The quantitative estimate of drug-likeness (QED) is 0.129. The van der Waals surface area contributed by atoms with Gasteiger partial charge in [-0.1, -0.05) is 64.3 Å². The molecule has 2 fully saturated rings. The van der Waals surface area contributed by atoms with E-state index in [2.05, 4.69) is 48.1 Å². The number of allylic oxidation sites excluding steroid dienone is 1. The van der Waals surface area contributed by atoms with Crippen LogP contribution in [0.2, 0.25) is 18.1 Å². The lowest BCUT2D eigenvalue weighted by Crippen LogP contribution is -2.49. The third-order valence-corrected chi connectivity index (χ3v) is 16.5. The fourth-order valence-electron chi connectivity index (χ4n) is 7.69. The Morgan fingerprint density at radius 3 is 2.32 bits per heavy atom. The molecule has 6 heteroatoms. The molecule has 0 radical (unpaired) electrons. The lowest BCUT2D eigenvalue weighted by molar-refractivity contribution is -0.0290. The van der Waals surface area contributed by atoms with Crippen molar-refractivity contribution in [3.8, 4) is 0 Å². The summed E-state index contributed by atoms with van der Waals surface area (Å²) in [6.07, 6.45) is 8.33. The Morgan fingerprint density at radius 2 is 1.74 bits per heavy atom. The molecule has 0 spiro atoms. The minimum absolute atomic E-state index is 0.171. The van der Waals surface area contributed by atoms with E-state index in [9.17, 15) is 8.42 Å². The summed E-state index contributed by atoms with van der Waals surface area (Å²) in [5.74, 6) is 1.71. The average Bonchev–Trinajstić information content (AvgIpc) is 3.25. The van der Waals surface area contributed by atoms with Gasteiger partial charge in [-0.05, 0) is 112 Å². The van der Waals surface area contributed by atoms with E-state index in [1.165, 1.54) is 50.2 Å². The highest BCUT2D eigenvalue weighted by Gasteiger charge is 2.54. The Hall–Kier alpha value is -0.953. The van der Waals surface area contributed by atoms with Crippen molar-refractivity contribution in [3.63, 3.8) is 0 Å². The van der Waals surface area contributed by atoms with Crippen molar-refractivity contribution in [1.29, 1.82) is 0 Å². The van der Waals surface area contributed by atoms with E-state index in [1.54, 1.807) is 12.1 Å². The number of hydrogen-bond acceptors (Lipinski definition) is 4. The zero-order valence-electron chi connectivity index (χ0n) is 25.2. The molecule has 4 nitrogen and oxygen atoms in total. The molecule has 2 saturated carbocycles. The Bertz CT molecular complexity index is 1010. The molecule has 2 aliphatic carbocycles. The second kappa shape index (κ2) is 13.1. The zero-order chi connectivity index (χ0) is 28.1. The molecule has 0 N–H and O–H groups in total. The van der Waals surface area contributed by atoms with Crippen molar-refractivity contribution in [3.05, 3.63) is 42.0 Å². The third-order valence-electron chi connectivity index (χ3n) is 10.5. The predicted octanol–water partition coefficient (Wildman–Crippen LogP) is 8.92. The molecule has 0 heterocycles. The highest BCUT2D eigenvalue weighted by molar-refractivity contribution is 7.86. The summed E-state index contributed by atoms with van der Waals surface area (Å²) in [6.45, 7) is 20.3. The molecule has 3 unspecified atom stereocenters. The van der Waals surface area contributed by atoms with Crippen LogP contribution < -0.4 is 0 Å². The van der Waals surface area contributed by atoms with Gasteiger partial charge in [0.25, 0.3) is 10.1 Å².